The molecular weight excluding hydrogens is 296 g/mol. The first-order valence-electron chi connectivity index (χ1n) is 6.32. The zero-order chi connectivity index (χ0) is 13.9. The molecule has 0 spiro atoms. The zero-order valence-corrected chi connectivity index (χ0v) is 12.2. The quantitative estimate of drug-likeness (QED) is 0.875. The number of rotatable bonds is 3. The van der Waals surface area contributed by atoms with E-state index in [1.54, 1.807) is 27.9 Å². The fourth-order valence-corrected chi connectivity index (χ4v) is 2.93. The van der Waals surface area contributed by atoms with E-state index in [0.29, 0.717) is 23.8 Å². The first kappa shape index (κ1) is 13.4. The Morgan fingerprint density at radius 1 is 1.50 bits per heavy atom. The SMILES string of the molecule is O=C(c1cscn1)N1CC[C@H](Oc2cccc(Cl)c2)C1. The van der Waals surface area contributed by atoms with Crippen LogP contribution in [0.25, 0.3) is 0 Å². The molecule has 1 aliphatic rings. The number of nitrogens with zero attached hydrogens (tertiary/aromatic N) is 2. The van der Waals surface area contributed by atoms with E-state index in [9.17, 15) is 4.79 Å². The van der Waals surface area contributed by atoms with Crippen molar-refractivity contribution < 1.29 is 9.53 Å². The van der Waals surface area contributed by atoms with E-state index in [0.717, 1.165) is 12.2 Å². The fourth-order valence-electron chi connectivity index (χ4n) is 2.22. The minimum Gasteiger partial charge on any atom is -0.488 e. The Kier molecular flexibility index (Phi) is 3.89. The highest BCUT2D eigenvalue weighted by Gasteiger charge is 2.29. The van der Waals surface area contributed by atoms with Crippen molar-refractivity contribution in [3.05, 3.63) is 45.9 Å². The predicted molar refractivity (Wildman–Crippen MR) is 78.5 cm³/mol. The van der Waals surface area contributed by atoms with Crippen molar-refractivity contribution >= 4 is 28.8 Å². The topological polar surface area (TPSA) is 42.4 Å². The molecule has 1 fully saturated rings. The Hall–Kier alpha value is -1.59. The maximum atomic E-state index is 12.2. The maximum absolute atomic E-state index is 12.2. The fraction of sp³-hybridized carbons (Fsp3) is 0.286. The Labute approximate surface area is 126 Å². The van der Waals surface area contributed by atoms with Crippen LogP contribution in [-0.2, 0) is 0 Å². The number of carbonyl (C=O) groups is 1. The lowest BCUT2D eigenvalue weighted by atomic mass is 10.3. The molecule has 20 heavy (non-hydrogen) atoms. The summed E-state index contributed by atoms with van der Waals surface area (Å²) >= 11 is 7.35. The third-order valence-electron chi connectivity index (χ3n) is 3.18. The number of carbonyl (C=O) groups excluding carboxylic acids is 1. The number of hydrogen-bond donors (Lipinski definition) is 0. The highest BCUT2D eigenvalue weighted by Crippen LogP contribution is 2.22. The van der Waals surface area contributed by atoms with Crippen molar-refractivity contribution in [1.29, 1.82) is 0 Å². The summed E-state index contributed by atoms with van der Waals surface area (Å²) in [6.45, 7) is 1.28. The summed E-state index contributed by atoms with van der Waals surface area (Å²) in [5, 5.41) is 2.42. The summed E-state index contributed by atoms with van der Waals surface area (Å²) < 4.78 is 5.86. The Morgan fingerprint density at radius 2 is 2.40 bits per heavy atom. The predicted octanol–water partition coefficient (Wildman–Crippen LogP) is 3.09. The van der Waals surface area contributed by atoms with Crippen LogP contribution in [0.3, 0.4) is 0 Å². The molecular formula is C14H13ClN2O2S. The van der Waals surface area contributed by atoms with Gasteiger partial charge in [-0.05, 0) is 18.2 Å². The summed E-state index contributed by atoms with van der Waals surface area (Å²) in [6, 6.07) is 7.31. The second kappa shape index (κ2) is 5.81. The van der Waals surface area contributed by atoms with Gasteiger partial charge in [0.05, 0.1) is 12.1 Å². The van der Waals surface area contributed by atoms with Gasteiger partial charge in [-0.2, -0.15) is 0 Å². The van der Waals surface area contributed by atoms with E-state index in [2.05, 4.69) is 4.98 Å². The maximum Gasteiger partial charge on any atom is 0.273 e. The number of benzene rings is 1. The molecule has 1 aliphatic heterocycles. The smallest absolute Gasteiger partial charge is 0.273 e. The summed E-state index contributed by atoms with van der Waals surface area (Å²) in [5.41, 5.74) is 2.18. The largest absolute Gasteiger partial charge is 0.488 e. The molecule has 4 nitrogen and oxygen atoms in total. The summed E-state index contributed by atoms with van der Waals surface area (Å²) in [5.74, 6) is 0.717. The third-order valence-corrected chi connectivity index (χ3v) is 4.00. The van der Waals surface area contributed by atoms with Crippen molar-refractivity contribution in [2.75, 3.05) is 13.1 Å². The second-order valence-electron chi connectivity index (χ2n) is 4.61. The summed E-state index contributed by atoms with van der Waals surface area (Å²) in [6.07, 6.45) is 0.832. The van der Waals surface area contributed by atoms with Crippen LogP contribution in [0.2, 0.25) is 5.02 Å². The van der Waals surface area contributed by atoms with Gasteiger partial charge in [0.2, 0.25) is 0 Å². The standard InChI is InChI=1S/C14H13ClN2O2S/c15-10-2-1-3-11(6-10)19-12-4-5-17(7-12)14(18)13-8-20-9-16-13/h1-3,6,8-9,12H,4-5,7H2/t12-/m0/s1. The van der Waals surface area contributed by atoms with Crippen molar-refractivity contribution in [2.45, 2.75) is 12.5 Å². The molecule has 1 atom stereocenters. The van der Waals surface area contributed by atoms with Gasteiger partial charge in [0.25, 0.3) is 5.91 Å². The highest BCUT2D eigenvalue weighted by atomic mass is 35.5. The Balaban J connectivity index is 1.61. The number of ether oxygens (including phenoxy) is 1. The zero-order valence-electron chi connectivity index (χ0n) is 10.7. The molecule has 1 amide bonds. The first-order valence-corrected chi connectivity index (χ1v) is 7.64. The Morgan fingerprint density at radius 3 is 3.15 bits per heavy atom. The molecule has 2 aromatic rings. The molecule has 0 radical (unpaired) electrons. The lowest BCUT2D eigenvalue weighted by Gasteiger charge is -2.16. The van der Waals surface area contributed by atoms with Gasteiger partial charge in [0.1, 0.15) is 17.5 Å². The molecule has 0 aliphatic carbocycles. The third kappa shape index (κ3) is 2.94. The number of thiazole rings is 1. The monoisotopic (exact) mass is 308 g/mol. The lowest BCUT2D eigenvalue weighted by molar-refractivity contribution is 0.0767. The van der Waals surface area contributed by atoms with E-state index < -0.39 is 0 Å². The Bertz CT molecular complexity index is 603. The molecule has 2 heterocycles. The molecule has 0 N–H and O–H groups in total. The molecule has 1 saturated heterocycles. The number of amides is 1. The van der Waals surface area contributed by atoms with Crippen molar-refractivity contribution in [3.63, 3.8) is 0 Å². The van der Waals surface area contributed by atoms with Gasteiger partial charge in [-0.15, -0.1) is 11.3 Å². The molecule has 1 aromatic carbocycles. The van der Waals surface area contributed by atoms with Gasteiger partial charge in [0, 0.05) is 23.4 Å². The molecule has 6 heteroatoms. The van der Waals surface area contributed by atoms with Crippen LogP contribution in [0.1, 0.15) is 16.9 Å². The van der Waals surface area contributed by atoms with Gasteiger partial charge in [-0.25, -0.2) is 4.98 Å². The van der Waals surface area contributed by atoms with Crippen LogP contribution in [0.15, 0.2) is 35.2 Å². The van der Waals surface area contributed by atoms with Crippen molar-refractivity contribution in [1.82, 2.24) is 9.88 Å². The number of halogens is 1. The van der Waals surface area contributed by atoms with E-state index in [1.165, 1.54) is 11.3 Å². The lowest BCUT2D eigenvalue weighted by Crippen LogP contribution is -2.31. The molecule has 0 bridgehead atoms. The van der Waals surface area contributed by atoms with Crippen LogP contribution in [0.4, 0.5) is 0 Å². The normalized spacial score (nSPS) is 18.2. The van der Waals surface area contributed by atoms with E-state index in [1.807, 2.05) is 12.1 Å². The van der Waals surface area contributed by atoms with Gasteiger partial charge in [-0.1, -0.05) is 17.7 Å². The molecule has 0 saturated carbocycles. The van der Waals surface area contributed by atoms with Gasteiger partial charge in [-0.3, -0.25) is 4.79 Å². The van der Waals surface area contributed by atoms with Gasteiger partial charge in [0.15, 0.2) is 0 Å². The number of aromatic nitrogens is 1. The molecule has 3 rings (SSSR count). The van der Waals surface area contributed by atoms with Crippen LogP contribution < -0.4 is 4.74 Å². The van der Waals surface area contributed by atoms with Crippen LogP contribution in [0, 0.1) is 0 Å². The number of hydrogen-bond acceptors (Lipinski definition) is 4. The van der Waals surface area contributed by atoms with E-state index in [4.69, 9.17) is 16.3 Å². The number of likely N-dealkylation sites (tertiary alicyclic amines) is 1. The summed E-state index contributed by atoms with van der Waals surface area (Å²) in [7, 11) is 0. The molecule has 104 valence electrons. The summed E-state index contributed by atoms with van der Waals surface area (Å²) in [4.78, 5) is 18.0. The van der Waals surface area contributed by atoms with Gasteiger partial charge >= 0.3 is 0 Å². The second-order valence-corrected chi connectivity index (χ2v) is 5.77. The van der Waals surface area contributed by atoms with Crippen molar-refractivity contribution in [2.24, 2.45) is 0 Å². The van der Waals surface area contributed by atoms with E-state index >= 15 is 0 Å². The first-order chi connectivity index (χ1) is 9.72. The minimum atomic E-state index is -0.0246. The van der Waals surface area contributed by atoms with Crippen LogP contribution >= 0.6 is 22.9 Å². The van der Waals surface area contributed by atoms with Crippen molar-refractivity contribution in [3.8, 4) is 5.75 Å². The van der Waals surface area contributed by atoms with Crippen LogP contribution in [0.5, 0.6) is 5.75 Å². The van der Waals surface area contributed by atoms with Crippen LogP contribution in [-0.4, -0.2) is 35.0 Å². The molecule has 1 aromatic heterocycles. The average Bonchev–Trinajstić information content (AvgIpc) is 3.09. The molecule has 0 unspecified atom stereocenters. The van der Waals surface area contributed by atoms with E-state index in [-0.39, 0.29) is 12.0 Å². The minimum absolute atomic E-state index is 0.0102. The van der Waals surface area contributed by atoms with Gasteiger partial charge < -0.3 is 9.64 Å². The average molecular weight is 309 g/mol. The highest BCUT2D eigenvalue weighted by molar-refractivity contribution is 7.07.